The predicted octanol–water partition coefficient (Wildman–Crippen LogP) is 4.78. The van der Waals surface area contributed by atoms with E-state index in [1.165, 1.54) is 0 Å². The molecule has 0 N–H and O–H groups in total. The van der Waals surface area contributed by atoms with E-state index < -0.39 is 13.7 Å². The Bertz CT molecular complexity index is 988. The van der Waals surface area contributed by atoms with E-state index in [1.807, 2.05) is 32.9 Å². The number of carbonyl (C=O) groups excluding carboxylic acids is 1. The van der Waals surface area contributed by atoms with Crippen LogP contribution in [0.4, 0.5) is 4.79 Å². The van der Waals surface area contributed by atoms with E-state index in [-0.39, 0.29) is 6.09 Å². The molecule has 2 aromatic heterocycles. The van der Waals surface area contributed by atoms with Crippen molar-refractivity contribution < 1.29 is 19.0 Å². The Morgan fingerprint density at radius 2 is 2.00 bits per heavy atom. The lowest BCUT2D eigenvalue weighted by molar-refractivity contribution is 0.0270. The molecule has 3 rings (SSSR count). The molecule has 1 aliphatic rings. The van der Waals surface area contributed by atoms with Gasteiger partial charge < -0.3 is 19.1 Å². The third-order valence-corrected chi connectivity index (χ3v) is 6.89. The normalized spacial score (nSPS) is 15.1. The maximum atomic E-state index is 12.4. The summed E-state index contributed by atoms with van der Waals surface area (Å²) in [6, 6.07) is 2.95. The number of carbonyl (C=O) groups is 1. The van der Waals surface area contributed by atoms with Crippen LogP contribution in [-0.2, 0) is 16.2 Å². The molecule has 1 amide bonds. The van der Waals surface area contributed by atoms with Crippen LogP contribution in [0.15, 0.2) is 18.3 Å². The second kappa shape index (κ2) is 9.62. The molecule has 0 radical (unpaired) electrons. The fourth-order valence-corrected chi connectivity index (χ4v) is 4.22. The summed E-state index contributed by atoms with van der Waals surface area (Å²) in [5.74, 6) is 0.730. The largest absolute Gasteiger partial charge is 0.496 e. The van der Waals surface area contributed by atoms with E-state index in [1.54, 1.807) is 22.9 Å². The molecular formula is C23H36N4O4Si. The van der Waals surface area contributed by atoms with Crippen molar-refractivity contribution in [2.45, 2.75) is 65.2 Å². The number of hydrogen-bond donors (Lipinski definition) is 0. The first-order valence-corrected chi connectivity index (χ1v) is 14.8. The quantitative estimate of drug-likeness (QED) is 0.437. The Labute approximate surface area is 191 Å². The summed E-state index contributed by atoms with van der Waals surface area (Å²) in [5, 5.41) is 5.72. The smallest absolute Gasteiger partial charge is 0.410 e. The number of aromatic nitrogens is 3. The van der Waals surface area contributed by atoms with Crippen molar-refractivity contribution in [2.24, 2.45) is 0 Å². The zero-order valence-corrected chi connectivity index (χ0v) is 21.4. The third-order valence-electron chi connectivity index (χ3n) is 5.19. The predicted molar refractivity (Wildman–Crippen MR) is 129 cm³/mol. The average molecular weight is 461 g/mol. The van der Waals surface area contributed by atoms with Gasteiger partial charge in [-0.3, -0.25) is 0 Å². The molecule has 0 bridgehead atoms. The number of nitrogens with zero attached hydrogens (tertiary/aromatic N) is 4. The summed E-state index contributed by atoms with van der Waals surface area (Å²) < 4.78 is 18.9. The lowest BCUT2D eigenvalue weighted by Gasteiger charge is -2.29. The van der Waals surface area contributed by atoms with Gasteiger partial charge >= 0.3 is 6.09 Å². The number of fused-ring (bicyclic) bond motifs is 1. The van der Waals surface area contributed by atoms with Gasteiger partial charge in [0.2, 0.25) is 0 Å². The number of rotatable bonds is 7. The molecule has 0 fully saturated rings. The Balaban J connectivity index is 1.83. The maximum absolute atomic E-state index is 12.4. The van der Waals surface area contributed by atoms with Crippen molar-refractivity contribution in [2.75, 3.05) is 26.8 Å². The molecule has 0 unspecified atom stereocenters. The van der Waals surface area contributed by atoms with Crippen molar-refractivity contribution >= 4 is 30.8 Å². The van der Waals surface area contributed by atoms with E-state index >= 15 is 0 Å². The Kier molecular flexibility index (Phi) is 7.29. The van der Waals surface area contributed by atoms with Gasteiger partial charge in [0.25, 0.3) is 0 Å². The van der Waals surface area contributed by atoms with Gasteiger partial charge in [-0.25, -0.2) is 14.5 Å². The number of hydrogen-bond acceptors (Lipinski definition) is 6. The second-order valence-electron chi connectivity index (χ2n) is 10.3. The zero-order valence-electron chi connectivity index (χ0n) is 20.4. The monoisotopic (exact) mass is 460 g/mol. The molecule has 0 saturated carbocycles. The fraction of sp³-hybridized carbons (Fsp3) is 0.609. The molecule has 2 aromatic rings. The highest BCUT2D eigenvalue weighted by molar-refractivity contribution is 6.76. The molecule has 0 atom stereocenters. The molecule has 0 spiro atoms. The van der Waals surface area contributed by atoms with Crippen LogP contribution in [0.2, 0.25) is 25.7 Å². The molecule has 1 aliphatic heterocycles. The van der Waals surface area contributed by atoms with Crippen molar-refractivity contribution in [3.63, 3.8) is 0 Å². The first-order chi connectivity index (χ1) is 15.0. The minimum Gasteiger partial charge on any atom is -0.496 e. The summed E-state index contributed by atoms with van der Waals surface area (Å²) >= 11 is 0. The van der Waals surface area contributed by atoms with Gasteiger partial charge in [-0.15, -0.1) is 0 Å². The van der Waals surface area contributed by atoms with E-state index in [2.05, 4.69) is 24.6 Å². The average Bonchev–Trinajstić information content (AvgIpc) is 3.08. The maximum Gasteiger partial charge on any atom is 0.410 e. The third kappa shape index (κ3) is 6.10. The number of ether oxygens (including phenoxy) is 3. The van der Waals surface area contributed by atoms with Gasteiger partial charge in [-0.2, -0.15) is 5.10 Å². The van der Waals surface area contributed by atoms with Crippen LogP contribution in [-0.4, -0.2) is 66.2 Å². The standard InChI is InChI=1S/C23H36N4O4Si/c1-23(2,3)31-22(28)26-12-9-17(10-13-26)20-19-18(29-4)8-11-24-21(19)27(25-20)16-30-14-15-32(5,6)7/h8-9,11H,10,12-16H2,1-7H3. The molecule has 9 heteroatoms. The topological polar surface area (TPSA) is 78.7 Å². The van der Waals surface area contributed by atoms with E-state index in [0.29, 0.717) is 32.8 Å². The summed E-state index contributed by atoms with van der Waals surface area (Å²) in [5.41, 5.74) is 2.14. The summed E-state index contributed by atoms with van der Waals surface area (Å²) in [6.45, 7) is 14.7. The van der Waals surface area contributed by atoms with Crippen LogP contribution in [0.1, 0.15) is 32.9 Å². The van der Waals surface area contributed by atoms with Crippen molar-refractivity contribution in [1.82, 2.24) is 19.7 Å². The molecule has 0 aromatic carbocycles. The summed E-state index contributed by atoms with van der Waals surface area (Å²) in [7, 11) is 0.494. The fourth-order valence-electron chi connectivity index (χ4n) is 3.46. The van der Waals surface area contributed by atoms with Gasteiger partial charge in [0.15, 0.2) is 5.65 Å². The van der Waals surface area contributed by atoms with Crippen LogP contribution >= 0.6 is 0 Å². The van der Waals surface area contributed by atoms with E-state index in [4.69, 9.17) is 19.3 Å². The zero-order chi connectivity index (χ0) is 23.5. The molecule has 32 heavy (non-hydrogen) atoms. The minimum absolute atomic E-state index is 0.293. The summed E-state index contributed by atoms with van der Waals surface area (Å²) in [4.78, 5) is 18.7. The van der Waals surface area contributed by atoms with Crippen molar-refractivity contribution in [1.29, 1.82) is 0 Å². The van der Waals surface area contributed by atoms with Gasteiger partial charge in [-0.1, -0.05) is 25.7 Å². The van der Waals surface area contributed by atoms with Crippen molar-refractivity contribution in [3.8, 4) is 5.75 Å². The highest BCUT2D eigenvalue weighted by Gasteiger charge is 2.26. The lowest BCUT2D eigenvalue weighted by Crippen LogP contribution is -2.39. The number of pyridine rings is 1. The van der Waals surface area contributed by atoms with E-state index in [9.17, 15) is 4.79 Å². The van der Waals surface area contributed by atoms with Crippen molar-refractivity contribution in [3.05, 3.63) is 24.0 Å². The molecule has 0 aliphatic carbocycles. The number of amides is 1. The van der Waals surface area contributed by atoms with Gasteiger partial charge in [0.05, 0.1) is 12.5 Å². The minimum atomic E-state index is -1.16. The van der Waals surface area contributed by atoms with E-state index in [0.717, 1.165) is 34.1 Å². The summed E-state index contributed by atoms with van der Waals surface area (Å²) in [6.07, 6.45) is 4.15. The molecule has 0 saturated heterocycles. The Morgan fingerprint density at radius 1 is 1.25 bits per heavy atom. The molecule has 8 nitrogen and oxygen atoms in total. The first kappa shape index (κ1) is 24.3. The SMILES string of the molecule is COc1ccnc2c1c(C1=CCN(C(=O)OC(C)(C)C)CC1)nn2COCC[Si](C)(C)C. The Hall–Kier alpha value is -2.39. The highest BCUT2D eigenvalue weighted by Crippen LogP contribution is 2.34. The molecule has 3 heterocycles. The molecular weight excluding hydrogens is 424 g/mol. The highest BCUT2D eigenvalue weighted by atomic mass is 28.3. The van der Waals surface area contributed by atoms with Crippen LogP contribution in [0.5, 0.6) is 5.75 Å². The lowest BCUT2D eigenvalue weighted by atomic mass is 10.0. The van der Waals surface area contributed by atoms with Crippen LogP contribution < -0.4 is 4.74 Å². The van der Waals surface area contributed by atoms with Crippen LogP contribution in [0.25, 0.3) is 16.6 Å². The van der Waals surface area contributed by atoms with Gasteiger partial charge in [0, 0.05) is 34.0 Å². The number of methoxy groups -OCH3 is 1. The van der Waals surface area contributed by atoms with Gasteiger partial charge in [-0.05, 0) is 44.9 Å². The Morgan fingerprint density at radius 3 is 2.59 bits per heavy atom. The van der Waals surface area contributed by atoms with Crippen LogP contribution in [0, 0.1) is 0 Å². The van der Waals surface area contributed by atoms with Gasteiger partial charge in [0.1, 0.15) is 23.8 Å². The first-order valence-electron chi connectivity index (χ1n) is 11.1. The molecule has 176 valence electrons. The van der Waals surface area contributed by atoms with Crippen LogP contribution in [0.3, 0.4) is 0 Å². The second-order valence-corrected chi connectivity index (χ2v) is 15.9.